The van der Waals surface area contributed by atoms with Crippen molar-refractivity contribution in [3.63, 3.8) is 0 Å². The van der Waals surface area contributed by atoms with Gasteiger partial charge in [0, 0.05) is 0 Å². The van der Waals surface area contributed by atoms with Gasteiger partial charge in [0.25, 0.3) is 0 Å². The Labute approximate surface area is 136 Å². The van der Waals surface area contributed by atoms with E-state index in [0.717, 1.165) is 12.8 Å². The minimum absolute atomic E-state index is 0.955. The van der Waals surface area contributed by atoms with E-state index in [-0.39, 0.29) is 0 Å². The maximum Gasteiger partial charge on any atom is -0.00973 e. The fraction of sp³-hybridized carbons (Fsp3) is 0.273. The largest absolute Gasteiger partial charge is 0.103 e. The predicted octanol–water partition coefficient (Wildman–Crippen LogP) is 7.04. The Morgan fingerprint density at radius 2 is 1.50 bits per heavy atom. The number of unbranched alkanes of at least 4 members (excludes halogenated alkanes) is 1. The molecule has 2 rings (SSSR count). The normalized spacial score (nSPS) is 8.86. The molecule has 0 aromatic heterocycles. The molecular formula is C22H30. The van der Waals surface area contributed by atoms with Gasteiger partial charge >= 0.3 is 0 Å². The lowest BCUT2D eigenvalue weighted by Gasteiger charge is -2.05. The molecule has 0 nitrogen and oxygen atoms in total. The first-order chi connectivity index (χ1) is 10.6. The summed E-state index contributed by atoms with van der Waals surface area (Å²) < 4.78 is 0. The van der Waals surface area contributed by atoms with Crippen LogP contribution in [0.1, 0.15) is 37.8 Å². The van der Waals surface area contributed by atoms with Crippen LogP contribution in [0.4, 0.5) is 0 Å². The summed E-state index contributed by atoms with van der Waals surface area (Å²) in [5.74, 6) is 0. The molecule has 0 aliphatic heterocycles. The van der Waals surface area contributed by atoms with Crippen LogP contribution in [0, 0.1) is 6.92 Å². The molecule has 0 atom stereocenters. The summed E-state index contributed by atoms with van der Waals surface area (Å²) in [6.45, 7) is 16.9. The fourth-order valence-corrected chi connectivity index (χ4v) is 1.98. The number of rotatable bonds is 4. The van der Waals surface area contributed by atoms with Crippen LogP contribution >= 0.6 is 0 Å². The third kappa shape index (κ3) is 7.64. The zero-order chi connectivity index (χ0) is 16.8. The van der Waals surface area contributed by atoms with Crippen LogP contribution in [-0.2, 0) is 6.42 Å². The molecule has 0 spiro atoms. The summed E-state index contributed by atoms with van der Waals surface area (Å²) in [7, 11) is 0. The Morgan fingerprint density at radius 1 is 0.955 bits per heavy atom. The molecule has 0 radical (unpaired) electrons. The molecule has 0 saturated carbocycles. The highest BCUT2D eigenvalue weighted by atomic mass is 14.0. The Balaban J connectivity index is 0.000000465. The topological polar surface area (TPSA) is 0 Å². The summed E-state index contributed by atoms with van der Waals surface area (Å²) in [6, 6.07) is 13.0. The Morgan fingerprint density at radius 3 is 1.91 bits per heavy atom. The van der Waals surface area contributed by atoms with Gasteiger partial charge in [-0.05, 0) is 48.6 Å². The van der Waals surface area contributed by atoms with Gasteiger partial charge in [0.1, 0.15) is 0 Å². The first kappa shape index (κ1) is 19.9. The van der Waals surface area contributed by atoms with E-state index < -0.39 is 0 Å². The van der Waals surface area contributed by atoms with Crippen molar-refractivity contribution in [1.82, 2.24) is 0 Å². The van der Waals surface area contributed by atoms with Gasteiger partial charge in [0.05, 0.1) is 0 Å². The van der Waals surface area contributed by atoms with Crippen molar-refractivity contribution in [2.75, 3.05) is 0 Å². The smallest absolute Gasteiger partial charge is 0.00973 e. The number of aryl methyl sites for hydroxylation is 1. The van der Waals surface area contributed by atoms with Crippen LogP contribution in [0.2, 0.25) is 0 Å². The number of hydrogen-bond acceptors (Lipinski definition) is 0. The first-order valence-corrected chi connectivity index (χ1v) is 7.91. The third-order valence-electron chi connectivity index (χ3n) is 3.06. The highest BCUT2D eigenvalue weighted by Gasteiger charge is 1.98. The van der Waals surface area contributed by atoms with E-state index in [2.05, 4.69) is 70.0 Å². The summed E-state index contributed by atoms with van der Waals surface area (Å²) in [4.78, 5) is 0. The highest BCUT2D eigenvalue weighted by Crippen LogP contribution is 2.19. The molecule has 2 aromatic carbocycles. The van der Waals surface area contributed by atoms with Crippen LogP contribution in [0.25, 0.3) is 10.8 Å². The molecule has 0 fully saturated rings. The summed E-state index contributed by atoms with van der Waals surface area (Å²) in [5.41, 5.74) is 2.72. The molecule has 0 aliphatic rings. The SMILES string of the molecule is C=CC.C=CCCC.C=CCc1cc2ccccc2cc1C. The second-order valence-corrected chi connectivity index (χ2v) is 5.10. The maximum atomic E-state index is 3.78. The predicted molar refractivity (Wildman–Crippen MR) is 104 cm³/mol. The van der Waals surface area contributed by atoms with Crippen molar-refractivity contribution < 1.29 is 0 Å². The molecule has 0 N–H and O–H groups in total. The molecule has 0 amide bonds. The van der Waals surface area contributed by atoms with Gasteiger partial charge in [-0.25, -0.2) is 0 Å². The average molecular weight is 294 g/mol. The van der Waals surface area contributed by atoms with Gasteiger partial charge in [-0.2, -0.15) is 0 Å². The van der Waals surface area contributed by atoms with Crippen molar-refractivity contribution in [3.05, 3.63) is 85.5 Å². The average Bonchev–Trinajstić information content (AvgIpc) is 2.50. The first-order valence-electron chi connectivity index (χ1n) is 7.91. The Kier molecular flexibility index (Phi) is 11.4. The number of fused-ring (bicyclic) bond motifs is 1. The van der Waals surface area contributed by atoms with Gasteiger partial charge in [-0.15, -0.1) is 19.7 Å². The zero-order valence-corrected chi connectivity index (χ0v) is 14.4. The molecule has 0 heteroatoms. The molecule has 0 saturated heterocycles. The molecule has 0 unspecified atom stereocenters. The van der Waals surface area contributed by atoms with E-state index in [1.807, 2.05) is 19.1 Å². The lowest BCUT2D eigenvalue weighted by Crippen LogP contribution is -1.87. The van der Waals surface area contributed by atoms with Crippen LogP contribution < -0.4 is 0 Å². The zero-order valence-electron chi connectivity index (χ0n) is 14.4. The van der Waals surface area contributed by atoms with E-state index in [4.69, 9.17) is 0 Å². The molecule has 118 valence electrons. The number of allylic oxidation sites excluding steroid dienone is 3. The molecule has 0 aliphatic carbocycles. The van der Waals surface area contributed by atoms with E-state index >= 15 is 0 Å². The van der Waals surface area contributed by atoms with Crippen LogP contribution in [0.5, 0.6) is 0 Å². The fourth-order valence-electron chi connectivity index (χ4n) is 1.98. The summed E-state index contributed by atoms with van der Waals surface area (Å²) in [5, 5.41) is 2.63. The van der Waals surface area contributed by atoms with Crippen LogP contribution in [0.3, 0.4) is 0 Å². The van der Waals surface area contributed by atoms with E-state index in [1.54, 1.807) is 6.08 Å². The minimum atomic E-state index is 0.955. The molecule has 0 heterocycles. The van der Waals surface area contributed by atoms with Crippen molar-refractivity contribution in [2.45, 2.75) is 40.0 Å². The second-order valence-electron chi connectivity index (χ2n) is 5.10. The number of hydrogen-bond donors (Lipinski definition) is 0. The van der Waals surface area contributed by atoms with Gasteiger partial charge in [-0.3, -0.25) is 0 Å². The van der Waals surface area contributed by atoms with Crippen molar-refractivity contribution in [2.24, 2.45) is 0 Å². The van der Waals surface area contributed by atoms with Gasteiger partial charge in [-0.1, -0.05) is 68.0 Å². The molecule has 22 heavy (non-hydrogen) atoms. The van der Waals surface area contributed by atoms with Crippen molar-refractivity contribution in [1.29, 1.82) is 0 Å². The Hall–Kier alpha value is -2.08. The number of benzene rings is 2. The van der Waals surface area contributed by atoms with Gasteiger partial charge in [0.2, 0.25) is 0 Å². The van der Waals surface area contributed by atoms with Gasteiger partial charge < -0.3 is 0 Å². The molecule has 2 aromatic rings. The van der Waals surface area contributed by atoms with Crippen LogP contribution in [-0.4, -0.2) is 0 Å². The molecular weight excluding hydrogens is 264 g/mol. The molecule has 0 bridgehead atoms. The van der Waals surface area contributed by atoms with E-state index in [0.29, 0.717) is 0 Å². The quantitative estimate of drug-likeness (QED) is 0.530. The minimum Gasteiger partial charge on any atom is -0.103 e. The van der Waals surface area contributed by atoms with Crippen molar-refractivity contribution >= 4 is 10.8 Å². The van der Waals surface area contributed by atoms with Crippen LogP contribution in [0.15, 0.2) is 74.4 Å². The highest BCUT2D eigenvalue weighted by molar-refractivity contribution is 5.84. The van der Waals surface area contributed by atoms with Gasteiger partial charge in [0.15, 0.2) is 0 Å². The summed E-state index contributed by atoms with van der Waals surface area (Å²) >= 11 is 0. The monoisotopic (exact) mass is 294 g/mol. The Bertz CT molecular complexity index is 576. The third-order valence-corrected chi connectivity index (χ3v) is 3.06. The van der Waals surface area contributed by atoms with E-state index in [1.165, 1.54) is 28.3 Å². The van der Waals surface area contributed by atoms with Crippen molar-refractivity contribution in [3.8, 4) is 0 Å². The lowest BCUT2D eigenvalue weighted by atomic mass is 10.00. The maximum absolute atomic E-state index is 3.78. The standard InChI is InChI=1S/C14H14.C5H10.C3H6/c1-3-6-12-10-14-8-5-4-7-13(14)9-11(12)2;1-3-5-4-2;1-3-2/h3-5,7-10H,1,6H2,2H3;3H,1,4-5H2,2H3;3H,1H2,2H3. The second kappa shape index (κ2) is 12.6. The van der Waals surface area contributed by atoms with E-state index in [9.17, 15) is 0 Å². The lowest BCUT2D eigenvalue weighted by molar-refractivity contribution is 0.961. The summed E-state index contributed by atoms with van der Waals surface area (Å²) in [6.07, 6.45) is 8.97.